The third-order valence-electron chi connectivity index (χ3n) is 3.56. The predicted octanol–water partition coefficient (Wildman–Crippen LogP) is 4.05. The fourth-order valence-corrected chi connectivity index (χ4v) is 2.32. The van der Waals surface area contributed by atoms with Crippen molar-refractivity contribution < 1.29 is 18.7 Å². The van der Waals surface area contributed by atoms with E-state index in [4.69, 9.17) is 9.15 Å². The smallest absolute Gasteiger partial charge is 0.330 e. The molecule has 5 heteroatoms. The lowest BCUT2D eigenvalue weighted by molar-refractivity contribution is -0.137. The van der Waals surface area contributed by atoms with E-state index in [9.17, 15) is 9.59 Å². The summed E-state index contributed by atoms with van der Waals surface area (Å²) in [6, 6.07) is 16.4. The van der Waals surface area contributed by atoms with Gasteiger partial charge in [-0.05, 0) is 18.6 Å². The Kier molecular flexibility index (Phi) is 5.36. The second kappa shape index (κ2) is 8.06. The molecule has 0 atom stereocenters. The van der Waals surface area contributed by atoms with Gasteiger partial charge in [-0.1, -0.05) is 42.5 Å². The summed E-state index contributed by atoms with van der Waals surface area (Å²) in [5.41, 5.74) is 2.06. The van der Waals surface area contributed by atoms with Crippen LogP contribution in [0.3, 0.4) is 0 Å². The summed E-state index contributed by atoms with van der Waals surface area (Å²) < 4.78 is 10.6. The highest BCUT2D eigenvalue weighted by Gasteiger charge is 2.06. The molecule has 1 heterocycles. The summed E-state index contributed by atoms with van der Waals surface area (Å²) in [6.45, 7) is 0.190. The Hall–Kier alpha value is -3.21. The van der Waals surface area contributed by atoms with Crippen LogP contribution in [0.4, 0.5) is 0 Å². The Morgan fingerprint density at radius 3 is 2.60 bits per heavy atom. The van der Waals surface area contributed by atoms with Gasteiger partial charge in [-0.15, -0.1) is 0 Å². The van der Waals surface area contributed by atoms with Gasteiger partial charge in [-0.2, -0.15) is 0 Å². The predicted molar refractivity (Wildman–Crippen MR) is 94.0 cm³/mol. The maximum absolute atomic E-state index is 11.9. The Labute approximate surface area is 144 Å². The molecule has 0 aliphatic rings. The molecule has 3 aromatic rings. The average Bonchev–Trinajstić information content (AvgIpc) is 3.07. The Morgan fingerprint density at radius 2 is 1.80 bits per heavy atom. The van der Waals surface area contributed by atoms with Crippen LogP contribution >= 0.6 is 0 Å². The van der Waals surface area contributed by atoms with E-state index in [1.807, 2.05) is 42.5 Å². The number of carbonyl (C=O) groups is 2. The standard InChI is InChI=1S/C20H17NO4/c22-17(15-7-2-1-3-8-15)10-6-14-24-20(23)13-12-19-21-16-9-4-5-11-18(16)25-19/h1-5,7-9,11-13H,6,10,14H2/b13-12+. The summed E-state index contributed by atoms with van der Waals surface area (Å²) in [4.78, 5) is 27.8. The number of hydrogen-bond acceptors (Lipinski definition) is 5. The van der Waals surface area contributed by atoms with Gasteiger partial charge >= 0.3 is 5.97 Å². The first-order chi connectivity index (χ1) is 12.2. The maximum atomic E-state index is 11.9. The summed E-state index contributed by atoms with van der Waals surface area (Å²) >= 11 is 0. The zero-order chi connectivity index (χ0) is 17.5. The largest absolute Gasteiger partial charge is 0.463 e. The maximum Gasteiger partial charge on any atom is 0.330 e. The molecule has 0 amide bonds. The van der Waals surface area contributed by atoms with Crippen molar-refractivity contribution in [2.24, 2.45) is 0 Å². The normalized spacial score (nSPS) is 11.0. The molecule has 0 saturated carbocycles. The molecule has 2 aromatic carbocycles. The zero-order valence-corrected chi connectivity index (χ0v) is 13.6. The highest BCUT2D eigenvalue weighted by atomic mass is 16.5. The number of ether oxygens (including phenoxy) is 1. The van der Waals surface area contributed by atoms with E-state index in [-0.39, 0.29) is 12.4 Å². The third-order valence-corrected chi connectivity index (χ3v) is 3.56. The van der Waals surface area contributed by atoms with Crippen molar-refractivity contribution in [3.63, 3.8) is 0 Å². The highest BCUT2D eigenvalue weighted by Crippen LogP contribution is 2.15. The van der Waals surface area contributed by atoms with E-state index < -0.39 is 5.97 Å². The van der Waals surface area contributed by atoms with Crippen LogP contribution in [0.15, 0.2) is 65.1 Å². The minimum absolute atomic E-state index is 0.0404. The van der Waals surface area contributed by atoms with Crippen molar-refractivity contribution in [3.8, 4) is 0 Å². The van der Waals surface area contributed by atoms with E-state index >= 15 is 0 Å². The molecule has 3 rings (SSSR count). The van der Waals surface area contributed by atoms with Gasteiger partial charge in [0.05, 0.1) is 6.61 Å². The fraction of sp³-hybridized carbons (Fsp3) is 0.150. The number of hydrogen-bond donors (Lipinski definition) is 0. The molecule has 126 valence electrons. The number of Topliss-reactive ketones (excluding diaryl/α,β-unsaturated/α-hetero) is 1. The van der Waals surface area contributed by atoms with Crippen molar-refractivity contribution in [2.45, 2.75) is 12.8 Å². The molecule has 0 bridgehead atoms. The average molecular weight is 335 g/mol. The number of rotatable bonds is 7. The summed E-state index contributed by atoms with van der Waals surface area (Å²) in [5, 5.41) is 0. The van der Waals surface area contributed by atoms with Crippen LogP contribution in [0.5, 0.6) is 0 Å². The van der Waals surface area contributed by atoms with Crippen molar-refractivity contribution in [3.05, 3.63) is 72.1 Å². The van der Waals surface area contributed by atoms with Crippen LogP contribution in [-0.2, 0) is 9.53 Å². The van der Waals surface area contributed by atoms with E-state index in [2.05, 4.69) is 4.98 Å². The lowest BCUT2D eigenvalue weighted by Crippen LogP contribution is -2.05. The molecule has 0 fully saturated rings. The van der Waals surface area contributed by atoms with Crippen molar-refractivity contribution in [2.75, 3.05) is 6.61 Å². The third kappa shape index (κ3) is 4.64. The quantitative estimate of drug-likeness (QED) is 0.282. The van der Waals surface area contributed by atoms with Gasteiger partial charge in [-0.25, -0.2) is 9.78 Å². The summed E-state index contributed by atoms with van der Waals surface area (Å²) in [7, 11) is 0. The monoisotopic (exact) mass is 335 g/mol. The number of fused-ring (bicyclic) bond motifs is 1. The molecule has 0 aliphatic heterocycles. The van der Waals surface area contributed by atoms with Gasteiger partial charge in [-0.3, -0.25) is 4.79 Å². The van der Waals surface area contributed by atoms with Gasteiger partial charge in [0.2, 0.25) is 5.89 Å². The minimum Gasteiger partial charge on any atom is -0.463 e. The van der Waals surface area contributed by atoms with Crippen LogP contribution < -0.4 is 0 Å². The number of carbonyl (C=O) groups excluding carboxylic acids is 2. The van der Waals surface area contributed by atoms with E-state index in [1.165, 1.54) is 12.2 Å². The van der Waals surface area contributed by atoms with Gasteiger partial charge in [0.25, 0.3) is 0 Å². The SMILES string of the molecule is O=C(/C=C/c1nc2ccccc2o1)OCCCC(=O)c1ccccc1. The number of benzene rings is 2. The first-order valence-corrected chi connectivity index (χ1v) is 8.01. The lowest BCUT2D eigenvalue weighted by atomic mass is 10.1. The van der Waals surface area contributed by atoms with E-state index in [1.54, 1.807) is 12.1 Å². The number of esters is 1. The molecular formula is C20H17NO4. The highest BCUT2D eigenvalue weighted by molar-refractivity contribution is 5.96. The van der Waals surface area contributed by atoms with Crippen LogP contribution in [0.25, 0.3) is 17.2 Å². The Morgan fingerprint density at radius 1 is 1.04 bits per heavy atom. The van der Waals surface area contributed by atoms with Crippen molar-refractivity contribution in [1.82, 2.24) is 4.98 Å². The van der Waals surface area contributed by atoms with Gasteiger partial charge in [0.15, 0.2) is 11.4 Å². The molecule has 0 aliphatic carbocycles. The number of aromatic nitrogens is 1. The number of ketones is 1. The number of nitrogens with zero attached hydrogens (tertiary/aromatic N) is 1. The first-order valence-electron chi connectivity index (χ1n) is 8.01. The van der Waals surface area contributed by atoms with E-state index in [0.717, 1.165) is 5.52 Å². The fourth-order valence-electron chi connectivity index (χ4n) is 2.32. The van der Waals surface area contributed by atoms with Crippen LogP contribution in [0.1, 0.15) is 29.1 Å². The Balaban J connectivity index is 1.42. The molecule has 25 heavy (non-hydrogen) atoms. The van der Waals surface area contributed by atoms with Gasteiger partial charge < -0.3 is 9.15 Å². The second-order valence-electron chi connectivity index (χ2n) is 5.41. The number of oxazole rings is 1. The minimum atomic E-state index is -0.491. The second-order valence-corrected chi connectivity index (χ2v) is 5.41. The molecule has 0 unspecified atom stereocenters. The Bertz CT molecular complexity index is 863. The molecule has 5 nitrogen and oxygen atoms in total. The molecular weight excluding hydrogens is 318 g/mol. The molecule has 0 N–H and O–H groups in total. The van der Waals surface area contributed by atoms with Crippen LogP contribution in [-0.4, -0.2) is 23.3 Å². The van der Waals surface area contributed by atoms with Crippen molar-refractivity contribution >= 4 is 28.9 Å². The first kappa shape index (κ1) is 16.6. The van der Waals surface area contributed by atoms with Crippen molar-refractivity contribution in [1.29, 1.82) is 0 Å². The molecule has 0 spiro atoms. The number of para-hydroxylation sites is 2. The molecule has 0 radical (unpaired) electrons. The van der Waals surface area contributed by atoms with Crippen LogP contribution in [0.2, 0.25) is 0 Å². The van der Waals surface area contributed by atoms with Gasteiger partial charge in [0, 0.05) is 24.1 Å². The zero-order valence-electron chi connectivity index (χ0n) is 13.6. The summed E-state index contributed by atoms with van der Waals surface area (Å²) in [5.74, 6) is -0.106. The van der Waals surface area contributed by atoms with E-state index in [0.29, 0.717) is 29.9 Å². The molecule has 1 aromatic heterocycles. The van der Waals surface area contributed by atoms with Crippen LogP contribution in [0, 0.1) is 0 Å². The lowest BCUT2D eigenvalue weighted by Gasteiger charge is -2.02. The molecule has 0 saturated heterocycles. The topological polar surface area (TPSA) is 69.4 Å². The summed E-state index contributed by atoms with van der Waals surface area (Å²) in [6.07, 6.45) is 3.56. The van der Waals surface area contributed by atoms with Gasteiger partial charge in [0.1, 0.15) is 5.52 Å².